The van der Waals surface area contributed by atoms with E-state index in [9.17, 15) is 14.0 Å². The smallest absolute Gasteiger partial charge is 0.251 e. The average Bonchev–Trinajstić information content (AvgIpc) is 3.21. The predicted octanol–water partition coefficient (Wildman–Crippen LogP) is 0.664. The van der Waals surface area contributed by atoms with Gasteiger partial charge in [-0.2, -0.15) is 0 Å². The van der Waals surface area contributed by atoms with E-state index >= 15 is 0 Å². The molecule has 5 nitrogen and oxygen atoms in total. The van der Waals surface area contributed by atoms with E-state index in [0.717, 1.165) is 18.9 Å². The Hall–Kier alpha value is -2.11. The summed E-state index contributed by atoms with van der Waals surface area (Å²) in [5.41, 5.74) is 5.54. The fraction of sp³-hybridized carbons (Fsp3) is 0.385. The molecule has 0 atom stereocenters. The van der Waals surface area contributed by atoms with Crippen molar-refractivity contribution in [2.24, 2.45) is 5.92 Å². The molecular formula is C13H16FN3O2. The second-order valence-corrected chi connectivity index (χ2v) is 4.56. The van der Waals surface area contributed by atoms with Gasteiger partial charge in [-0.25, -0.2) is 4.39 Å². The van der Waals surface area contributed by atoms with Crippen molar-refractivity contribution in [2.75, 3.05) is 18.8 Å². The van der Waals surface area contributed by atoms with Crippen LogP contribution >= 0.6 is 0 Å². The van der Waals surface area contributed by atoms with Gasteiger partial charge in [-0.1, -0.05) is 0 Å². The summed E-state index contributed by atoms with van der Waals surface area (Å²) in [5, 5.41) is 5.32. The van der Waals surface area contributed by atoms with E-state index in [1.165, 1.54) is 12.1 Å². The molecule has 2 amide bonds. The third-order valence-electron chi connectivity index (χ3n) is 2.92. The van der Waals surface area contributed by atoms with Crippen LogP contribution in [0.15, 0.2) is 18.2 Å². The second-order valence-electron chi connectivity index (χ2n) is 4.56. The number of nitrogens with two attached hydrogens (primary N) is 1. The Morgan fingerprint density at radius 3 is 2.58 bits per heavy atom. The van der Waals surface area contributed by atoms with Crippen molar-refractivity contribution in [2.45, 2.75) is 12.8 Å². The van der Waals surface area contributed by atoms with E-state index < -0.39 is 5.82 Å². The fourth-order valence-electron chi connectivity index (χ4n) is 1.62. The largest absolute Gasteiger partial charge is 0.396 e. The number of nitrogens with one attached hydrogen (secondary N) is 2. The Morgan fingerprint density at radius 1 is 1.26 bits per heavy atom. The zero-order valence-electron chi connectivity index (χ0n) is 10.4. The number of benzene rings is 1. The molecule has 4 N–H and O–H groups in total. The van der Waals surface area contributed by atoms with Crippen LogP contribution < -0.4 is 16.4 Å². The average molecular weight is 265 g/mol. The maximum atomic E-state index is 13.2. The van der Waals surface area contributed by atoms with Gasteiger partial charge in [0.05, 0.1) is 5.69 Å². The van der Waals surface area contributed by atoms with Gasteiger partial charge in [0.1, 0.15) is 5.82 Å². The first-order valence-electron chi connectivity index (χ1n) is 6.19. The number of rotatable bonds is 5. The quantitative estimate of drug-likeness (QED) is 0.540. The number of carbonyl (C=O) groups excluding carboxylic acids is 2. The third kappa shape index (κ3) is 3.67. The van der Waals surface area contributed by atoms with Crippen molar-refractivity contribution in [1.82, 2.24) is 10.6 Å². The monoisotopic (exact) mass is 265 g/mol. The maximum absolute atomic E-state index is 13.2. The van der Waals surface area contributed by atoms with Gasteiger partial charge in [-0.15, -0.1) is 0 Å². The number of halogens is 1. The van der Waals surface area contributed by atoms with Gasteiger partial charge in [0.25, 0.3) is 5.91 Å². The summed E-state index contributed by atoms with van der Waals surface area (Å²) in [5.74, 6) is -0.816. The van der Waals surface area contributed by atoms with Crippen LogP contribution in [0.5, 0.6) is 0 Å². The van der Waals surface area contributed by atoms with Crippen molar-refractivity contribution in [3.63, 3.8) is 0 Å². The maximum Gasteiger partial charge on any atom is 0.251 e. The number of anilines is 1. The Kier molecular flexibility index (Phi) is 3.99. The summed E-state index contributed by atoms with van der Waals surface area (Å²) in [6.07, 6.45) is 1.89. The highest BCUT2D eigenvalue weighted by molar-refractivity contribution is 5.94. The lowest BCUT2D eigenvalue weighted by Gasteiger charge is -2.07. The number of nitrogen functional groups attached to an aromatic ring is 1. The highest BCUT2D eigenvalue weighted by Gasteiger charge is 2.28. The molecule has 1 fully saturated rings. The zero-order chi connectivity index (χ0) is 13.8. The number of hydrogen-bond donors (Lipinski definition) is 3. The van der Waals surface area contributed by atoms with E-state index in [0.29, 0.717) is 13.1 Å². The van der Waals surface area contributed by atoms with Crippen LogP contribution in [0.25, 0.3) is 0 Å². The van der Waals surface area contributed by atoms with Crippen LogP contribution in [0.2, 0.25) is 0 Å². The number of carbonyl (C=O) groups is 2. The minimum Gasteiger partial charge on any atom is -0.396 e. The van der Waals surface area contributed by atoms with Gasteiger partial charge in [0, 0.05) is 24.6 Å². The Bertz CT molecular complexity index is 501. The summed E-state index contributed by atoms with van der Waals surface area (Å²) in [4.78, 5) is 23.0. The molecule has 6 heteroatoms. The molecule has 0 heterocycles. The summed E-state index contributed by atoms with van der Waals surface area (Å²) in [6.45, 7) is 0.682. The molecule has 0 spiro atoms. The molecular weight excluding hydrogens is 249 g/mol. The molecule has 2 rings (SSSR count). The van der Waals surface area contributed by atoms with Gasteiger partial charge in [-0.05, 0) is 31.0 Å². The fourth-order valence-corrected chi connectivity index (χ4v) is 1.62. The summed E-state index contributed by atoms with van der Waals surface area (Å²) >= 11 is 0. The van der Waals surface area contributed by atoms with Crippen molar-refractivity contribution in [3.8, 4) is 0 Å². The van der Waals surface area contributed by atoms with Crippen LogP contribution in [0.3, 0.4) is 0 Å². The normalized spacial score (nSPS) is 13.9. The first-order chi connectivity index (χ1) is 9.08. The van der Waals surface area contributed by atoms with Crippen molar-refractivity contribution in [1.29, 1.82) is 0 Å². The van der Waals surface area contributed by atoms with E-state index in [-0.39, 0.29) is 29.0 Å². The van der Waals surface area contributed by atoms with Gasteiger partial charge in [0.15, 0.2) is 0 Å². The number of amides is 2. The highest BCUT2D eigenvalue weighted by Crippen LogP contribution is 2.28. The minimum absolute atomic E-state index is 0.00764. The van der Waals surface area contributed by atoms with Gasteiger partial charge in [-0.3, -0.25) is 9.59 Å². The van der Waals surface area contributed by atoms with E-state index in [1.54, 1.807) is 0 Å². The molecule has 1 aromatic carbocycles. The molecule has 1 aromatic rings. The Balaban J connectivity index is 1.74. The van der Waals surface area contributed by atoms with Crippen molar-refractivity contribution in [3.05, 3.63) is 29.6 Å². The first kappa shape index (κ1) is 13.3. The topological polar surface area (TPSA) is 84.2 Å². The van der Waals surface area contributed by atoms with Crippen LogP contribution in [0.4, 0.5) is 10.1 Å². The summed E-state index contributed by atoms with van der Waals surface area (Å²) in [7, 11) is 0. The number of hydrogen-bond acceptors (Lipinski definition) is 3. The standard InChI is InChI=1S/C13H16FN3O2/c14-10-7-9(3-4-11(10)15)13(19)17-6-5-16-12(18)8-1-2-8/h3-4,7-8H,1-2,5-6,15H2,(H,16,18)(H,17,19). The van der Waals surface area contributed by atoms with Crippen molar-refractivity contribution < 1.29 is 14.0 Å². The first-order valence-corrected chi connectivity index (χ1v) is 6.19. The Labute approximate surface area is 110 Å². The highest BCUT2D eigenvalue weighted by atomic mass is 19.1. The van der Waals surface area contributed by atoms with Crippen LogP contribution in [0, 0.1) is 11.7 Å². The Morgan fingerprint density at radius 2 is 1.95 bits per heavy atom. The molecule has 1 saturated carbocycles. The van der Waals surface area contributed by atoms with E-state index in [4.69, 9.17) is 5.73 Å². The second kappa shape index (κ2) is 5.69. The van der Waals surface area contributed by atoms with Crippen molar-refractivity contribution >= 4 is 17.5 Å². The SMILES string of the molecule is Nc1ccc(C(=O)NCCNC(=O)C2CC2)cc1F. The lowest BCUT2D eigenvalue weighted by Crippen LogP contribution is -2.35. The van der Waals surface area contributed by atoms with E-state index in [2.05, 4.69) is 10.6 Å². The molecule has 0 unspecified atom stereocenters. The summed E-state index contributed by atoms with van der Waals surface area (Å²) < 4.78 is 13.2. The third-order valence-corrected chi connectivity index (χ3v) is 2.92. The van der Waals surface area contributed by atoms with Crippen LogP contribution in [-0.4, -0.2) is 24.9 Å². The molecule has 102 valence electrons. The van der Waals surface area contributed by atoms with Gasteiger partial charge < -0.3 is 16.4 Å². The molecule has 0 aromatic heterocycles. The molecule has 0 radical (unpaired) electrons. The molecule has 1 aliphatic carbocycles. The lowest BCUT2D eigenvalue weighted by molar-refractivity contribution is -0.122. The van der Waals surface area contributed by atoms with Crippen LogP contribution in [-0.2, 0) is 4.79 Å². The van der Waals surface area contributed by atoms with Gasteiger partial charge >= 0.3 is 0 Å². The molecule has 0 bridgehead atoms. The predicted molar refractivity (Wildman–Crippen MR) is 68.9 cm³/mol. The molecule has 1 aliphatic rings. The zero-order valence-corrected chi connectivity index (χ0v) is 10.4. The molecule has 0 saturated heterocycles. The minimum atomic E-state index is -0.616. The van der Waals surface area contributed by atoms with E-state index in [1.807, 2.05) is 0 Å². The summed E-state index contributed by atoms with van der Waals surface area (Å²) in [6, 6.07) is 3.89. The molecule has 19 heavy (non-hydrogen) atoms. The lowest BCUT2D eigenvalue weighted by atomic mass is 10.2. The molecule has 0 aliphatic heterocycles. The van der Waals surface area contributed by atoms with Crippen LogP contribution in [0.1, 0.15) is 23.2 Å². The van der Waals surface area contributed by atoms with Gasteiger partial charge in [0.2, 0.25) is 5.91 Å².